The second-order valence-corrected chi connectivity index (χ2v) is 5.60. The van der Waals surface area contributed by atoms with Gasteiger partial charge in [0.25, 0.3) is 0 Å². The number of amides is 1. The van der Waals surface area contributed by atoms with Gasteiger partial charge >= 0.3 is 0 Å². The summed E-state index contributed by atoms with van der Waals surface area (Å²) in [6.07, 6.45) is 4.29. The molecule has 1 aliphatic heterocycles. The average Bonchev–Trinajstić information content (AvgIpc) is 2.41. The molecule has 0 aromatic rings. The Morgan fingerprint density at radius 1 is 1.38 bits per heavy atom. The zero-order valence-electron chi connectivity index (χ0n) is 10.9. The lowest BCUT2D eigenvalue weighted by Gasteiger charge is -2.24. The highest BCUT2D eigenvalue weighted by molar-refractivity contribution is 5.81. The van der Waals surface area contributed by atoms with Crippen LogP contribution in [0.1, 0.15) is 46.5 Å². The molecule has 2 N–H and O–H groups in total. The fourth-order valence-electron chi connectivity index (χ4n) is 2.33. The van der Waals surface area contributed by atoms with Gasteiger partial charge < -0.3 is 10.6 Å². The van der Waals surface area contributed by atoms with Crippen molar-refractivity contribution >= 4 is 5.91 Å². The summed E-state index contributed by atoms with van der Waals surface area (Å²) in [4.78, 5) is 14.1. The Hall–Kier alpha value is -0.570. The lowest BCUT2D eigenvalue weighted by Crippen LogP contribution is -2.44. The molecule has 1 aliphatic rings. The molecule has 1 heterocycles. The number of nitrogens with two attached hydrogens (primary N) is 1. The maximum atomic E-state index is 12.1. The molecule has 0 radical (unpaired) electrons. The van der Waals surface area contributed by atoms with E-state index >= 15 is 0 Å². The highest BCUT2D eigenvalue weighted by atomic mass is 16.2. The van der Waals surface area contributed by atoms with Crippen molar-refractivity contribution in [1.82, 2.24) is 4.90 Å². The summed E-state index contributed by atoms with van der Waals surface area (Å²) in [5.41, 5.74) is 5.94. The van der Waals surface area contributed by atoms with Crippen LogP contribution in [0.3, 0.4) is 0 Å². The van der Waals surface area contributed by atoms with Gasteiger partial charge in [0.2, 0.25) is 5.91 Å². The van der Waals surface area contributed by atoms with E-state index in [1.807, 2.05) is 4.90 Å². The molecule has 0 spiro atoms. The summed E-state index contributed by atoms with van der Waals surface area (Å²) in [7, 11) is 0. The van der Waals surface area contributed by atoms with E-state index in [0.717, 1.165) is 38.3 Å². The van der Waals surface area contributed by atoms with E-state index in [2.05, 4.69) is 20.8 Å². The number of likely N-dealkylation sites (tertiary alicyclic amines) is 1. The Morgan fingerprint density at radius 3 is 2.69 bits per heavy atom. The van der Waals surface area contributed by atoms with Crippen LogP contribution in [0.15, 0.2) is 0 Å². The Bertz CT molecular complexity index is 228. The van der Waals surface area contributed by atoms with Crippen LogP contribution < -0.4 is 5.73 Å². The molecule has 0 bridgehead atoms. The van der Waals surface area contributed by atoms with E-state index in [1.165, 1.54) is 6.42 Å². The minimum absolute atomic E-state index is 0.155. The van der Waals surface area contributed by atoms with Crippen LogP contribution in [-0.2, 0) is 4.79 Å². The van der Waals surface area contributed by atoms with Gasteiger partial charge in [0.1, 0.15) is 0 Å². The third-order valence-corrected chi connectivity index (χ3v) is 3.37. The van der Waals surface area contributed by atoms with Crippen molar-refractivity contribution in [3.8, 4) is 0 Å². The smallest absolute Gasteiger partial charge is 0.239 e. The lowest BCUT2D eigenvalue weighted by atomic mass is 10.0. The zero-order chi connectivity index (χ0) is 12.1. The molecule has 1 saturated heterocycles. The van der Waals surface area contributed by atoms with Crippen LogP contribution in [0.4, 0.5) is 0 Å². The highest BCUT2D eigenvalue weighted by Crippen LogP contribution is 2.17. The van der Waals surface area contributed by atoms with Gasteiger partial charge in [-0.2, -0.15) is 0 Å². The van der Waals surface area contributed by atoms with Crippen LogP contribution in [0.25, 0.3) is 0 Å². The predicted octanol–water partition coefficient (Wildman–Crippen LogP) is 2.01. The monoisotopic (exact) mass is 226 g/mol. The van der Waals surface area contributed by atoms with Crippen LogP contribution in [-0.4, -0.2) is 29.9 Å². The number of carbonyl (C=O) groups is 1. The first-order valence-corrected chi connectivity index (χ1v) is 6.55. The van der Waals surface area contributed by atoms with E-state index in [9.17, 15) is 4.79 Å². The molecule has 1 rings (SSSR count). The molecule has 2 atom stereocenters. The van der Waals surface area contributed by atoms with E-state index < -0.39 is 0 Å². The largest absolute Gasteiger partial charge is 0.341 e. The molecule has 0 saturated carbocycles. The van der Waals surface area contributed by atoms with Gasteiger partial charge in [0, 0.05) is 13.1 Å². The van der Waals surface area contributed by atoms with E-state index in [1.54, 1.807) is 0 Å². The van der Waals surface area contributed by atoms with Gasteiger partial charge in [0.05, 0.1) is 6.04 Å². The number of hydrogen-bond donors (Lipinski definition) is 1. The summed E-state index contributed by atoms with van der Waals surface area (Å²) in [6.45, 7) is 8.28. The SMILES string of the molecule is CC(C)C[C@H](N)C(=O)N1CCCC(C)CC1. The van der Waals surface area contributed by atoms with Gasteiger partial charge in [-0.05, 0) is 37.5 Å². The first-order valence-electron chi connectivity index (χ1n) is 6.55. The van der Waals surface area contributed by atoms with Gasteiger partial charge in [-0.15, -0.1) is 0 Å². The van der Waals surface area contributed by atoms with Crippen LogP contribution in [0, 0.1) is 11.8 Å². The van der Waals surface area contributed by atoms with Gasteiger partial charge in [-0.25, -0.2) is 0 Å². The first kappa shape index (κ1) is 13.5. The minimum Gasteiger partial charge on any atom is -0.341 e. The quantitative estimate of drug-likeness (QED) is 0.800. The molecule has 94 valence electrons. The van der Waals surface area contributed by atoms with E-state index in [4.69, 9.17) is 5.73 Å². The zero-order valence-corrected chi connectivity index (χ0v) is 10.9. The molecule has 16 heavy (non-hydrogen) atoms. The van der Waals surface area contributed by atoms with Gasteiger partial charge in [-0.1, -0.05) is 20.8 Å². The summed E-state index contributed by atoms with van der Waals surface area (Å²) >= 11 is 0. The van der Waals surface area contributed by atoms with Crippen molar-refractivity contribution in [2.75, 3.05) is 13.1 Å². The molecule has 1 fully saturated rings. The molecule has 0 aromatic carbocycles. The summed E-state index contributed by atoms with van der Waals surface area (Å²) in [5.74, 6) is 1.40. The number of hydrogen-bond acceptors (Lipinski definition) is 2. The van der Waals surface area contributed by atoms with Crippen LogP contribution in [0.2, 0.25) is 0 Å². The van der Waals surface area contributed by atoms with Crippen molar-refractivity contribution in [3.63, 3.8) is 0 Å². The lowest BCUT2D eigenvalue weighted by molar-refractivity contribution is -0.132. The topological polar surface area (TPSA) is 46.3 Å². The van der Waals surface area contributed by atoms with E-state index in [0.29, 0.717) is 5.92 Å². The Labute approximate surface area is 99.4 Å². The van der Waals surface area contributed by atoms with Gasteiger partial charge in [-0.3, -0.25) is 4.79 Å². The fourth-order valence-corrected chi connectivity index (χ4v) is 2.33. The predicted molar refractivity (Wildman–Crippen MR) is 67.0 cm³/mol. The number of nitrogens with zero attached hydrogens (tertiary/aromatic N) is 1. The molecule has 0 aromatic heterocycles. The van der Waals surface area contributed by atoms with Gasteiger partial charge in [0.15, 0.2) is 0 Å². The van der Waals surface area contributed by atoms with Crippen LogP contribution >= 0.6 is 0 Å². The van der Waals surface area contributed by atoms with Crippen molar-refractivity contribution in [3.05, 3.63) is 0 Å². The third-order valence-electron chi connectivity index (χ3n) is 3.37. The van der Waals surface area contributed by atoms with Crippen molar-refractivity contribution < 1.29 is 4.79 Å². The fraction of sp³-hybridized carbons (Fsp3) is 0.923. The van der Waals surface area contributed by atoms with Crippen molar-refractivity contribution in [2.24, 2.45) is 17.6 Å². The summed E-state index contributed by atoms with van der Waals surface area (Å²) in [6, 6.07) is -0.298. The molecule has 0 aliphatic carbocycles. The Balaban J connectivity index is 2.46. The Morgan fingerprint density at radius 2 is 2.06 bits per heavy atom. The standard InChI is InChI=1S/C13H26N2O/c1-10(2)9-12(14)13(16)15-7-4-5-11(3)6-8-15/h10-12H,4-9,14H2,1-3H3/t11?,12-/m0/s1. The van der Waals surface area contributed by atoms with E-state index in [-0.39, 0.29) is 11.9 Å². The molecule has 1 amide bonds. The average molecular weight is 226 g/mol. The minimum atomic E-state index is -0.298. The second-order valence-electron chi connectivity index (χ2n) is 5.60. The number of carbonyl (C=O) groups excluding carboxylic acids is 1. The molecular weight excluding hydrogens is 200 g/mol. The van der Waals surface area contributed by atoms with Crippen molar-refractivity contribution in [2.45, 2.75) is 52.5 Å². The van der Waals surface area contributed by atoms with Crippen LogP contribution in [0.5, 0.6) is 0 Å². The highest BCUT2D eigenvalue weighted by Gasteiger charge is 2.23. The molecule has 3 heteroatoms. The molecular formula is C13H26N2O. The normalized spacial score (nSPS) is 24.3. The Kier molecular flexibility index (Phi) is 5.26. The second kappa shape index (κ2) is 6.24. The third kappa shape index (κ3) is 4.12. The summed E-state index contributed by atoms with van der Waals surface area (Å²) < 4.78 is 0. The molecule has 1 unspecified atom stereocenters. The maximum absolute atomic E-state index is 12.1. The maximum Gasteiger partial charge on any atom is 0.239 e. The number of rotatable bonds is 3. The van der Waals surface area contributed by atoms with Crippen molar-refractivity contribution in [1.29, 1.82) is 0 Å². The molecule has 3 nitrogen and oxygen atoms in total. The summed E-state index contributed by atoms with van der Waals surface area (Å²) in [5, 5.41) is 0. The first-order chi connectivity index (χ1) is 7.50.